The first-order chi connectivity index (χ1) is 13.3. The number of carbonyl (C=O) groups excluding carboxylic acids is 1. The average Bonchev–Trinajstić information content (AvgIpc) is 2.68. The van der Waals surface area contributed by atoms with E-state index in [1.165, 1.54) is 10.4 Å². The number of hydrogen-bond acceptors (Lipinski definition) is 4. The van der Waals surface area contributed by atoms with Gasteiger partial charge < -0.3 is 9.80 Å². The normalized spacial score (nSPS) is 16.1. The average molecular weight is 422 g/mol. The van der Waals surface area contributed by atoms with Crippen LogP contribution in [0, 0.1) is 0 Å². The number of halogens is 1. The van der Waals surface area contributed by atoms with Gasteiger partial charge in [0.05, 0.1) is 4.90 Å². The molecule has 1 amide bonds. The molecule has 28 heavy (non-hydrogen) atoms. The zero-order valence-electron chi connectivity index (χ0n) is 16.0. The number of rotatable bonds is 5. The molecule has 0 radical (unpaired) electrons. The Morgan fingerprint density at radius 2 is 1.75 bits per heavy atom. The number of amides is 1. The molecule has 0 unspecified atom stereocenters. The van der Waals surface area contributed by atoms with E-state index in [4.69, 9.17) is 11.6 Å². The van der Waals surface area contributed by atoms with Crippen molar-refractivity contribution in [2.24, 2.45) is 0 Å². The molecule has 2 aromatic carbocycles. The van der Waals surface area contributed by atoms with E-state index in [0.29, 0.717) is 43.3 Å². The van der Waals surface area contributed by atoms with Crippen LogP contribution in [-0.4, -0.2) is 68.7 Å². The van der Waals surface area contributed by atoms with E-state index in [1.54, 1.807) is 42.3 Å². The van der Waals surface area contributed by atoms with Gasteiger partial charge in [-0.2, -0.15) is 4.31 Å². The van der Waals surface area contributed by atoms with Gasteiger partial charge in [0.15, 0.2) is 0 Å². The molecule has 0 N–H and O–H groups in total. The van der Waals surface area contributed by atoms with Crippen molar-refractivity contribution >= 4 is 27.5 Å². The molecular weight excluding hydrogens is 398 g/mol. The summed E-state index contributed by atoms with van der Waals surface area (Å²) in [5, 5.41) is 0.610. The lowest BCUT2D eigenvalue weighted by Crippen LogP contribution is -2.47. The second-order valence-electron chi connectivity index (χ2n) is 7.03. The largest absolute Gasteiger partial charge is 0.337 e. The third-order valence-electron chi connectivity index (χ3n) is 4.84. The van der Waals surface area contributed by atoms with Gasteiger partial charge in [-0.25, -0.2) is 8.42 Å². The summed E-state index contributed by atoms with van der Waals surface area (Å²) in [5.41, 5.74) is 1.25. The Morgan fingerprint density at radius 3 is 2.43 bits per heavy atom. The van der Waals surface area contributed by atoms with E-state index in [2.05, 4.69) is 4.90 Å². The highest BCUT2D eigenvalue weighted by molar-refractivity contribution is 7.89. The molecule has 8 heteroatoms. The van der Waals surface area contributed by atoms with Gasteiger partial charge in [0.1, 0.15) is 0 Å². The molecule has 0 aromatic heterocycles. The summed E-state index contributed by atoms with van der Waals surface area (Å²) < 4.78 is 27.3. The molecule has 1 aliphatic heterocycles. The number of nitrogens with zero attached hydrogens (tertiary/aromatic N) is 3. The van der Waals surface area contributed by atoms with Crippen molar-refractivity contribution in [3.05, 3.63) is 64.7 Å². The lowest BCUT2D eigenvalue weighted by Gasteiger charge is -2.31. The van der Waals surface area contributed by atoms with Crippen molar-refractivity contribution in [2.75, 3.05) is 40.3 Å². The molecular formula is C20H24ClN3O3S. The van der Waals surface area contributed by atoms with Crippen molar-refractivity contribution in [3.8, 4) is 0 Å². The highest BCUT2D eigenvalue weighted by atomic mass is 35.5. The SMILES string of the molecule is CN1CCN(S(=O)(=O)c2cccc(C(=O)N(C)Cc3cccc(Cl)c3)c2)CC1. The van der Waals surface area contributed by atoms with Crippen molar-refractivity contribution < 1.29 is 13.2 Å². The molecule has 1 heterocycles. The maximum absolute atomic E-state index is 12.9. The summed E-state index contributed by atoms with van der Waals surface area (Å²) in [6.45, 7) is 2.67. The first kappa shape index (κ1) is 20.8. The standard InChI is InChI=1S/C20H24ClN3O3S/c1-22-9-11-24(12-10-22)28(26,27)19-8-4-6-17(14-19)20(25)23(2)15-16-5-3-7-18(21)13-16/h3-8,13-14H,9-12,15H2,1-2H3. The van der Waals surface area contributed by atoms with Crippen molar-refractivity contribution in [1.29, 1.82) is 0 Å². The number of carbonyl (C=O) groups is 1. The smallest absolute Gasteiger partial charge is 0.253 e. The van der Waals surface area contributed by atoms with Crippen molar-refractivity contribution in [1.82, 2.24) is 14.1 Å². The highest BCUT2D eigenvalue weighted by Gasteiger charge is 2.28. The van der Waals surface area contributed by atoms with Gasteiger partial charge in [0.25, 0.3) is 5.91 Å². The minimum atomic E-state index is -3.61. The van der Waals surface area contributed by atoms with Crippen molar-refractivity contribution in [2.45, 2.75) is 11.4 Å². The number of hydrogen-bond donors (Lipinski definition) is 0. The summed E-state index contributed by atoms with van der Waals surface area (Å²) in [6, 6.07) is 13.6. The van der Waals surface area contributed by atoms with Crippen LogP contribution in [0.15, 0.2) is 53.4 Å². The molecule has 6 nitrogen and oxygen atoms in total. The Balaban J connectivity index is 1.77. The van der Waals surface area contributed by atoms with Crippen LogP contribution in [0.5, 0.6) is 0 Å². The maximum atomic E-state index is 12.9. The third-order valence-corrected chi connectivity index (χ3v) is 6.97. The molecule has 0 saturated carbocycles. The molecule has 150 valence electrons. The number of benzene rings is 2. The summed E-state index contributed by atoms with van der Waals surface area (Å²) >= 11 is 6.00. The molecule has 3 rings (SSSR count). The minimum absolute atomic E-state index is 0.152. The van der Waals surface area contributed by atoms with Crippen LogP contribution in [-0.2, 0) is 16.6 Å². The van der Waals surface area contributed by atoms with Crippen LogP contribution in [0.25, 0.3) is 0 Å². The quantitative estimate of drug-likeness (QED) is 0.744. The second-order valence-corrected chi connectivity index (χ2v) is 9.40. The zero-order chi connectivity index (χ0) is 20.3. The zero-order valence-corrected chi connectivity index (χ0v) is 17.6. The fraction of sp³-hybridized carbons (Fsp3) is 0.350. The molecule has 0 aliphatic carbocycles. The van der Waals surface area contributed by atoms with Gasteiger partial charge in [-0.3, -0.25) is 4.79 Å². The van der Waals surface area contributed by atoms with E-state index in [1.807, 2.05) is 19.2 Å². The molecule has 0 atom stereocenters. The van der Waals surface area contributed by atoms with Gasteiger partial charge in [0, 0.05) is 50.4 Å². The fourth-order valence-corrected chi connectivity index (χ4v) is 4.85. The Labute approximate surface area is 171 Å². The monoisotopic (exact) mass is 421 g/mol. The van der Waals surface area contributed by atoms with E-state index < -0.39 is 10.0 Å². The van der Waals surface area contributed by atoms with Crippen LogP contribution in [0.1, 0.15) is 15.9 Å². The van der Waals surface area contributed by atoms with E-state index in [9.17, 15) is 13.2 Å². The summed E-state index contributed by atoms with van der Waals surface area (Å²) in [4.78, 5) is 16.6. The predicted octanol–water partition coefficient (Wildman–Crippen LogP) is 2.55. The lowest BCUT2D eigenvalue weighted by atomic mass is 10.1. The summed E-state index contributed by atoms with van der Waals surface area (Å²) in [6.07, 6.45) is 0. The highest BCUT2D eigenvalue weighted by Crippen LogP contribution is 2.20. The van der Waals surface area contributed by atoms with Crippen LogP contribution < -0.4 is 0 Å². The second kappa shape index (κ2) is 8.61. The number of piperazine rings is 1. The molecule has 1 aliphatic rings. The van der Waals surface area contributed by atoms with Gasteiger partial charge in [-0.05, 0) is 42.9 Å². The molecule has 0 spiro atoms. The first-order valence-corrected chi connectivity index (χ1v) is 10.9. The number of likely N-dealkylation sites (N-methyl/N-ethyl adjacent to an activating group) is 1. The van der Waals surface area contributed by atoms with Crippen LogP contribution in [0.4, 0.5) is 0 Å². The molecule has 1 fully saturated rings. The molecule has 2 aromatic rings. The van der Waals surface area contributed by atoms with Gasteiger partial charge in [0.2, 0.25) is 10.0 Å². The minimum Gasteiger partial charge on any atom is -0.337 e. The van der Waals surface area contributed by atoms with Gasteiger partial charge in [-0.15, -0.1) is 0 Å². The Morgan fingerprint density at radius 1 is 1.07 bits per heavy atom. The topological polar surface area (TPSA) is 60.9 Å². The maximum Gasteiger partial charge on any atom is 0.253 e. The van der Waals surface area contributed by atoms with Crippen LogP contribution in [0.2, 0.25) is 5.02 Å². The summed E-state index contributed by atoms with van der Waals surface area (Å²) in [5.74, 6) is -0.240. The van der Waals surface area contributed by atoms with Gasteiger partial charge in [-0.1, -0.05) is 29.8 Å². The lowest BCUT2D eigenvalue weighted by molar-refractivity contribution is 0.0785. The Bertz CT molecular complexity index is 957. The summed E-state index contributed by atoms with van der Waals surface area (Å²) in [7, 11) is 0.0434. The van der Waals surface area contributed by atoms with Crippen LogP contribution >= 0.6 is 11.6 Å². The van der Waals surface area contributed by atoms with Gasteiger partial charge >= 0.3 is 0 Å². The molecule has 0 bridgehead atoms. The predicted molar refractivity (Wildman–Crippen MR) is 110 cm³/mol. The van der Waals surface area contributed by atoms with E-state index >= 15 is 0 Å². The molecule has 1 saturated heterocycles. The van der Waals surface area contributed by atoms with E-state index in [0.717, 1.165) is 5.56 Å². The fourth-order valence-electron chi connectivity index (χ4n) is 3.17. The van der Waals surface area contributed by atoms with E-state index in [-0.39, 0.29) is 10.8 Å². The number of sulfonamides is 1. The third kappa shape index (κ3) is 4.72. The van der Waals surface area contributed by atoms with Crippen LogP contribution in [0.3, 0.4) is 0 Å². The Hall–Kier alpha value is -1.93. The van der Waals surface area contributed by atoms with Crippen molar-refractivity contribution in [3.63, 3.8) is 0 Å². The first-order valence-electron chi connectivity index (χ1n) is 9.06. The Kier molecular flexibility index (Phi) is 6.40.